The molecule has 3 N–H and O–H groups in total. The number of halogens is 2. The molecule has 4 rings (SSSR count). The molecule has 0 radical (unpaired) electrons. The molecule has 0 spiro atoms. The van der Waals surface area contributed by atoms with Crippen LogP contribution in [0.4, 0.5) is 5.69 Å². The topological polar surface area (TPSA) is 79.2 Å². The molecule has 0 bridgehead atoms. The van der Waals surface area contributed by atoms with E-state index in [4.69, 9.17) is 4.98 Å². The van der Waals surface area contributed by atoms with E-state index >= 15 is 0 Å². The van der Waals surface area contributed by atoms with Gasteiger partial charge < -0.3 is 20.3 Å². The van der Waals surface area contributed by atoms with Crippen molar-refractivity contribution in [1.82, 2.24) is 14.9 Å². The third-order valence-corrected chi connectivity index (χ3v) is 6.36. The second kappa shape index (κ2) is 16.1. The largest absolute Gasteiger partial charge is 0.387 e. The van der Waals surface area contributed by atoms with Crippen molar-refractivity contribution in [2.75, 3.05) is 18.4 Å². The molecule has 3 aromatic carbocycles. The van der Waals surface area contributed by atoms with E-state index in [2.05, 4.69) is 53.3 Å². The number of hydrogen-bond acceptors (Lipinski definition) is 4. The lowest BCUT2D eigenvalue weighted by Gasteiger charge is -2.11. The first kappa shape index (κ1) is 32.1. The van der Waals surface area contributed by atoms with Gasteiger partial charge in [0.2, 0.25) is 5.91 Å². The first-order valence-electron chi connectivity index (χ1n) is 12.9. The van der Waals surface area contributed by atoms with E-state index in [0.29, 0.717) is 32.0 Å². The van der Waals surface area contributed by atoms with E-state index < -0.39 is 6.10 Å². The number of anilines is 1. The van der Waals surface area contributed by atoms with Crippen LogP contribution in [0.2, 0.25) is 0 Å². The van der Waals surface area contributed by atoms with Crippen LogP contribution in [0.1, 0.15) is 54.1 Å². The molecule has 1 atom stereocenters. The van der Waals surface area contributed by atoms with Crippen molar-refractivity contribution in [2.24, 2.45) is 0 Å². The fourth-order valence-corrected chi connectivity index (χ4v) is 4.23. The summed E-state index contributed by atoms with van der Waals surface area (Å²) >= 11 is 0. The first-order chi connectivity index (χ1) is 18.0. The fraction of sp³-hybridized carbons (Fsp3) is 0.290. The molecule has 4 aromatic rings. The van der Waals surface area contributed by atoms with Crippen LogP contribution in [0, 0.1) is 0 Å². The van der Waals surface area contributed by atoms with Crippen LogP contribution in [0.25, 0.3) is 0 Å². The number of benzene rings is 3. The summed E-state index contributed by atoms with van der Waals surface area (Å²) in [7, 11) is 0. The predicted octanol–water partition coefficient (Wildman–Crippen LogP) is 5.95. The predicted molar refractivity (Wildman–Crippen MR) is 163 cm³/mol. The summed E-state index contributed by atoms with van der Waals surface area (Å²) < 4.78 is 2.07. The van der Waals surface area contributed by atoms with E-state index in [-0.39, 0.29) is 37.1 Å². The van der Waals surface area contributed by atoms with E-state index in [1.807, 2.05) is 66.9 Å². The van der Waals surface area contributed by atoms with Gasteiger partial charge in [-0.05, 0) is 34.7 Å². The fourth-order valence-electron chi connectivity index (χ4n) is 4.23. The Balaban J connectivity index is 0.00000267. The van der Waals surface area contributed by atoms with E-state index in [9.17, 15) is 9.90 Å². The van der Waals surface area contributed by atoms with Crippen molar-refractivity contribution in [3.05, 3.63) is 119 Å². The number of nitrogens with zero attached hydrogens (tertiary/aromatic N) is 2. The van der Waals surface area contributed by atoms with Crippen molar-refractivity contribution in [2.45, 2.75) is 45.3 Å². The minimum atomic E-state index is -0.551. The van der Waals surface area contributed by atoms with Crippen molar-refractivity contribution in [3.63, 3.8) is 0 Å². The van der Waals surface area contributed by atoms with Gasteiger partial charge in [-0.1, -0.05) is 86.6 Å². The third-order valence-electron chi connectivity index (χ3n) is 6.36. The van der Waals surface area contributed by atoms with Gasteiger partial charge >= 0.3 is 0 Å². The minimum Gasteiger partial charge on any atom is -0.387 e. The van der Waals surface area contributed by atoms with Crippen LogP contribution in [-0.4, -0.2) is 33.7 Å². The van der Waals surface area contributed by atoms with Gasteiger partial charge in [-0.25, -0.2) is 4.98 Å². The summed E-state index contributed by atoms with van der Waals surface area (Å²) in [6.45, 7) is 6.18. The highest BCUT2D eigenvalue weighted by Gasteiger charge is 2.14. The van der Waals surface area contributed by atoms with Gasteiger partial charge in [0.1, 0.15) is 5.82 Å². The maximum absolute atomic E-state index is 12.8. The van der Waals surface area contributed by atoms with Crippen LogP contribution in [0.5, 0.6) is 0 Å². The van der Waals surface area contributed by atoms with Crippen LogP contribution in [0.3, 0.4) is 0 Å². The minimum absolute atomic E-state index is 0. The number of aliphatic hydroxyl groups is 1. The van der Waals surface area contributed by atoms with E-state index in [0.717, 1.165) is 22.8 Å². The Hall–Kier alpha value is -3.16. The zero-order valence-corrected chi connectivity index (χ0v) is 24.0. The zero-order chi connectivity index (χ0) is 26.0. The van der Waals surface area contributed by atoms with E-state index in [1.54, 1.807) is 0 Å². The number of amides is 1. The van der Waals surface area contributed by atoms with Gasteiger partial charge in [0, 0.05) is 37.9 Å². The normalized spacial score (nSPS) is 11.4. The number of rotatable bonds is 12. The average Bonchev–Trinajstić information content (AvgIpc) is 3.28. The molecule has 0 saturated carbocycles. The van der Waals surface area contributed by atoms with Gasteiger partial charge in [0.05, 0.1) is 18.2 Å². The molecule has 1 amide bonds. The van der Waals surface area contributed by atoms with Crippen LogP contribution >= 0.6 is 24.8 Å². The second-order valence-electron chi connectivity index (χ2n) is 9.64. The van der Waals surface area contributed by atoms with Gasteiger partial charge in [-0.3, -0.25) is 4.79 Å². The Morgan fingerprint density at radius 2 is 1.54 bits per heavy atom. The summed E-state index contributed by atoms with van der Waals surface area (Å²) in [5, 5.41) is 16.7. The standard InChI is InChI=1S/C31H36N4O2.2ClH/c1-23(2)25-15-13-24(14-16-25)21-35-22-28(17-18-32-20-29(36)26-9-5-3-6-10-26)33-30(35)19-31(37)34-27-11-7-4-8-12-27;;/h3-16,22-23,29,32,36H,17-21H2,1-2H3,(H,34,37);2*1H/t29-;;/m0../s1. The highest BCUT2D eigenvalue weighted by Crippen LogP contribution is 2.17. The van der Waals surface area contributed by atoms with Crippen molar-refractivity contribution < 1.29 is 9.90 Å². The Labute approximate surface area is 243 Å². The maximum atomic E-state index is 12.8. The maximum Gasteiger partial charge on any atom is 0.231 e. The highest BCUT2D eigenvalue weighted by molar-refractivity contribution is 5.91. The lowest BCUT2D eigenvalue weighted by atomic mass is 10.0. The molecule has 0 aliphatic carbocycles. The zero-order valence-electron chi connectivity index (χ0n) is 22.4. The quantitative estimate of drug-likeness (QED) is 0.185. The molecule has 0 saturated heterocycles. The smallest absolute Gasteiger partial charge is 0.231 e. The van der Waals surface area contributed by atoms with Crippen molar-refractivity contribution >= 4 is 36.4 Å². The number of carbonyl (C=O) groups is 1. The molecule has 0 aliphatic rings. The summed E-state index contributed by atoms with van der Waals surface area (Å²) in [4.78, 5) is 17.6. The lowest BCUT2D eigenvalue weighted by molar-refractivity contribution is -0.115. The molecule has 0 unspecified atom stereocenters. The number of hydrogen-bond donors (Lipinski definition) is 3. The lowest BCUT2D eigenvalue weighted by Crippen LogP contribution is -2.23. The third kappa shape index (κ3) is 9.83. The molecule has 0 fully saturated rings. The Kier molecular flexibility index (Phi) is 13.2. The van der Waals surface area contributed by atoms with Gasteiger partial charge in [0.25, 0.3) is 0 Å². The van der Waals surface area contributed by atoms with Crippen molar-refractivity contribution in [1.29, 1.82) is 0 Å². The number of aromatic nitrogens is 2. The molecule has 208 valence electrons. The summed E-state index contributed by atoms with van der Waals surface area (Å²) in [6.07, 6.45) is 2.38. The molecule has 39 heavy (non-hydrogen) atoms. The summed E-state index contributed by atoms with van der Waals surface area (Å²) in [6, 6.07) is 27.8. The van der Waals surface area contributed by atoms with Crippen molar-refractivity contribution in [3.8, 4) is 0 Å². The average molecular weight is 570 g/mol. The number of imidazole rings is 1. The number of carbonyl (C=O) groups excluding carboxylic acids is 1. The van der Waals surface area contributed by atoms with Crippen LogP contribution in [-0.2, 0) is 24.2 Å². The molecule has 1 heterocycles. The van der Waals surface area contributed by atoms with Gasteiger partial charge in [-0.15, -0.1) is 24.8 Å². The molecular formula is C31H38Cl2N4O2. The molecule has 8 heteroatoms. The van der Waals surface area contributed by atoms with Crippen LogP contribution < -0.4 is 10.6 Å². The molecule has 0 aliphatic heterocycles. The SMILES string of the molecule is CC(C)c1ccc(Cn2cc(CCNC[C@H](O)c3ccccc3)nc2CC(=O)Nc2ccccc2)cc1.Cl.Cl. The summed E-state index contributed by atoms with van der Waals surface area (Å²) in [5.74, 6) is 1.13. The molecular weight excluding hydrogens is 531 g/mol. The molecule has 1 aromatic heterocycles. The Morgan fingerprint density at radius 1 is 0.897 bits per heavy atom. The molecule has 6 nitrogen and oxygen atoms in total. The highest BCUT2D eigenvalue weighted by atomic mass is 35.5. The van der Waals surface area contributed by atoms with Gasteiger partial charge in [0.15, 0.2) is 0 Å². The summed E-state index contributed by atoms with van der Waals surface area (Å²) in [5.41, 5.74) is 5.07. The first-order valence-corrected chi connectivity index (χ1v) is 12.9. The second-order valence-corrected chi connectivity index (χ2v) is 9.64. The Morgan fingerprint density at radius 3 is 2.18 bits per heavy atom. The number of nitrogens with one attached hydrogen (secondary N) is 2. The number of para-hydroxylation sites is 1. The number of aliphatic hydroxyl groups excluding tert-OH is 1. The van der Waals surface area contributed by atoms with Crippen LogP contribution in [0.15, 0.2) is 91.1 Å². The van der Waals surface area contributed by atoms with Gasteiger partial charge in [-0.2, -0.15) is 0 Å². The Bertz CT molecular complexity index is 1260. The monoisotopic (exact) mass is 568 g/mol. The van der Waals surface area contributed by atoms with E-state index in [1.165, 1.54) is 11.1 Å².